The van der Waals surface area contributed by atoms with Crippen molar-refractivity contribution >= 4 is 0 Å². The lowest BCUT2D eigenvalue weighted by molar-refractivity contribution is 0.295. The smallest absolute Gasteiger partial charge is 0.130 e. The van der Waals surface area contributed by atoms with E-state index in [9.17, 15) is 5.11 Å². The molecule has 2 N–H and O–H groups in total. The molecule has 10 heteroatoms. The Labute approximate surface area is 649 Å². The number of rotatable bonds is 15. The summed E-state index contributed by atoms with van der Waals surface area (Å²) in [6, 6.07) is 44.9. The summed E-state index contributed by atoms with van der Waals surface area (Å²) in [5, 5.41) is 15.7. The number of hydrogen-bond donors (Lipinski definition) is 2. The molecule has 0 unspecified atom stereocenters. The van der Waals surface area contributed by atoms with Gasteiger partial charge in [0.15, 0.2) is 0 Å². The van der Waals surface area contributed by atoms with Crippen molar-refractivity contribution in [1.29, 1.82) is 0 Å². The van der Waals surface area contributed by atoms with Gasteiger partial charge >= 0.3 is 0 Å². The number of pyridine rings is 2. The first-order chi connectivity index (χ1) is 50.3. The molecule has 0 aliphatic heterocycles. The molecule has 12 bridgehead atoms. The van der Waals surface area contributed by atoms with Crippen LogP contribution in [-0.4, -0.2) is 49.6 Å². The van der Waals surface area contributed by atoms with Gasteiger partial charge in [0.05, 0.1) is 32.7 Å². The van der Waals surface area contributed by atoms with Gasteiger partial charge in [-0.1, -0.05) is 263 Å². The molecule has 0 saturated heterocycles. The topological polar surface area (TPSA) is 113 Å². The minimum Gasteiger partial charge on any atom is -0.507 e. The monoisotopic (exact) mass is 1460 g/mol. The SMILES string of the molecule is COc1c2cc(C(C)(C)C)cc1Cc1cc(C(C)(C)C)cc(c1OCc1ccccn1)Cc1cc(C(C)(C)C)cc(c1OC)Cc1cc(C(C)(C)C)cc(c1OCc1ccccn1)Cc1cc(C(C)(C)C)cc(c1OC)Cc1cc(C(C)(C)C)cc(c1OCCNCc1cc(C(C)(C)C)cc(C(C)(C)C)c1O)C2. The molecular formula is C98H127N3O7. The molecule has 0 amide bonds. The third-order valence-electron chi connectivity index (χ3n) is 21.4. The lowest BCUT2D eigenvalue weighted by Gasteiger charge is -2.29. The van der Waals surface area contributed by atoms with Crippen LogP contribution in [0.4, 0.5) is 0 Å². The van der Waals surface area contributed by atoms with Gasteiger partial charge in [0, 0.05) is 69.6 Å². The minimum absolute atomic E-state index is 0.119. The summed E-state index contributed by atoms with van der Waals surface area (Å²) >= 11 is 0. The van der Waals surface area contributed by atoms with Crippen molar-refractivity contribution in [3.8, 4) is 40.2 Å². The Bertz CT molecular complexity index is 4450. The highest BCUT2D eigenvalue weighted by Crippen LogP contribution is 2.47. The number of ether oxygens (including phenoxy) is 6. The number of aromatic nitrogens is 2. The molecule has 1 aliphatic rings. The van der Waals surface area contributed by atoms with Crippen molar-refractivity contribution in [3.05, 3.63) is 262 Å². The molecule has 0 atom stereocenters. The third kappa shape index (κ3) is 19.5. The van der Waals surface area contributed by atoms with Gasteiger partial charge in [-0.05, 0) is 179 Å². The molecule has 1 aliphatic carbocycles. The van der Waals surface area contributed by atoms with Crippen molar-refractivity contribution in [3.63, 3.8) is 0 Å². The van der Waals surface area contributed by atoms with Crippen molar-refractivity contribution in [2.75, 3.05) is 34.5 Å². The number of methoxy groups -OCH3 is 3. The Morgan fingerprint density at radius 2 is 0.565 bits per heavy atom. The third-order valence-corrected chi connectivity index (χ3v) is 21.4. The van der Waals surface area contributed by atoms with Crippen LogP contribution in [0.15, 0.2) is 134 Å². The summed E-state index contributed by atoms with van der Waals surface area (Å²) in [5.74, 6) is 5.29. The fourth-order valence-corrected chi connectivity index (χ4v) is 14.8. The molecule has 0 spiro atoms. The molecule has 0 radical (unpaired) electrons. The van der Waals surface area contributed by atoms with Crippen molar-refractivity contribution in [2.24, 2.45) is 0 Å². The Morgan fingerprint density at radius 1 is 0.315 bits per heavy atom. The van der Waals surface area contributed by atoms with E-state index >= 15 is 0 Å². The van der Waals surface area contributed by atoms with Crippen LogP contribution >= 0.6 is 0 Å². The van der Waals surface area contributed by atoms with Gasteiger partial charge in [0.1, 0.15) is 60.1 Å². The lowest BCUT2D eigenvalue weighted by Crippen LogP contribution is -2.23. The molecule has 10 rings (SSSR count). The zero-order valence-electron chi connectivity index (χ0n) is 70.8. The second-order valence-corrected chi connectivity index (χ2v) is 38.7. The van der Waals surface area contributed by atoms with Gasteiger partial charge in [-0.25, -0.2) is 0 Å². The number of aromatic hydroxyl groups is 1. The lowest BCUT2D eigenvalue weighted by atomic mass is 9.79. The van der Waals surface area contributed by atoms with Gasteiger partial charge < -0.3 is 38.8 Å². The summed E-state index contributed by atoms with van der Waals surface area (Å²) < 4.78 is 43.0. The van der Waals surface area contributed by atoms with E-state index in [-0.39, 0.29) is 56.5 Å². The van der Waals surface area contributed by atoms with E-state index in [4.69, 9.17) is 38.4 Å². The average Bonchev–Trinajstić information content (AvgIpc) is 0.779. The van der Waals surface area contributed by atoms with E-state index in [1.54, 1.807) is 0 Å². The van der Waals surface area contributed by atoms with Crippen molar-refractivity contribution < 1.29 is 33.5 Å². The molecular weight excluding hydrogens is 1330 g/mol. The molecule has 2 aromatic heterocycles. The van der Waals surface area contributed by atoms with Gasteiger partial charge in [-0.2, -0.15) is 0 Å². The molecule has 2 heterocycles. The number of fused-ring (bicyclic) bond motifs is 12. The summed E-state index contributed by atoms with van der Waals surface area (Å²) in [5.41, 5.74) is 22.6. The first-order valence-electron chi connectivity index (χ1n) is 39.2. The first-order valence-corrected chi connectivity index (χ1v) is 39.2. The standard InChI is InChI=1S/C98H127N3O7/c1-91(2,3)74-44-61-38-67-50-77(94(10,11)12)51-68(88(67)106-37-36-99-58-73-56-80(97(19,20)21)57-83(84(73)102)98(22,23)24)39-62-45-75(92(4,5)6)47-64(86(62)104-26)41-70-53-79(96(16,17)18)55-72(90(70)108-60-82-33-29-31-35-101-82)43-66-49-76(93(7,8)9)48-65(87(66)105-27)42-71-54-78(95(13,14)15)52-69(40-63(46-74)85(61)103-25)89(71)107-59-81-32-28-30-34-100-81/h28-35,44-57,99,102H,36-43,58-60H2,1-27H3. The van der Waals surface area contributed by atoms with Crippen LogP contribution in [0.5, 0.6) is 40.2 Å². The van der Waals surface area contributed by atoms with Crippen LogP contribution in [0.2, 0.25) is 0 Å². The summed E-state index contributed by atoms with van der Waals surface area (Å²) in [4.78, 5) is 9.64. The largest absolute Gasteiger partial charge is 0.507 e. The van der Waals surface area contributed by atoms with Crippen LogP contribution in [-0.2, 0) is 102 Å². The Kier molecular flexibility index (Phi) is 24.1. The average molecular weight is 1460 g/mol. The van der Waals surface area contributed by atoms with Crippen molar-refractivity contribution in [2.45, 2.75) is 268 Å². The second-order valence-electron chi connectivity index (χ2n) is 38.7. The van der Waals surface area contributed by atoms with Crippen LogP contribution < -0.4 is 33.7 Å². The highest BCUT2D eigenvalue weighted by Gasteiger charge is 2.33. The zero-order valence-corrected chi connectivity index (χ0v) is 70.8. The molecule has 0 saturated carbocycles. The maximum absolute atomic E-state index is 12.0. The minimum atomic E-state index is -0.270. The van der Waals surface area contributed by atoms with Crippen LogP contribution in [0.1, 0.15) is 294 Å². The van der Waals surface area contributed by atoms with Gasteiger partial charge in [-0.3, -0.25) is 9.97 Å². The highest BCUT2D eigenvalue weighted by molar-refractivity contribution is 5.62. The zero-order chi connectivity index (χ0) is 79.0. The van der Waals surface area contributed by atoms with Gasteiger partial charge in [-0.15, -0.1) is 0 Å². The summed E-state index contributed by atoms with van der Waals surface area (Å²) in [6.45, 7) is 56.6. The summed E-state index contributed by atoms with van der Waals surface area (Å²) in [7, 11) is 5.49. The van der Waals surface area contributed by atoms with Crippen LogP contribution in [0, 0.1) is 0 Å². The van der Waals surface area contributed by atoms with Crippen LogP contribution in [0.3, 0.4) is 0 Å². The fourth-order valence-electron chi connectivity index (χ4n) is 14.8. The normalized spacial score (nSPS) is 13.5. The number of phenolic OH excluding ortho intramolecular Hbond substituents is 1. The fraction of sp³-hybridized carbons (Fsp3) is 0.469. The molecule has 7 aromatic carbocycles. The molecule has 0 fully saturated rings. The number of nitrogens with zero attached hydrogens (tertiary/aromatic N) is 2. The second kappa shape index (κ2) is 31.8. The van der Waals surface area contributed by atoms with E-state index in [1.807, 2.05) is 70.1 Å². The molecule has 9 aromatic rings. The molecule has 108 heavy (non-hydrogen) atoms. The first kappa shape index (κ1) is 81.9. The molecule has 10 nitrogen and oxygen atoms in total. The predicted octanol–water partition coefficient (Wildman–Crippen LogP) is 22.8. The van der Waals surface area contributed by atoms with Crippen molar-refractivity contribution in [1.82, 2.24) is 15.3 Å². The number of benzene rings is 7. The Hall–Kier alpha value is -8.60. The number of nitrogens with one attached hydrogen (secondary N) is 1. The van der Waals surface area contributed by atoms with Gasteiger partial charge in [0.25, 0.3) is 0 Å². The molecule has 576 valence electrons. The quantitative estimate of drug-likeness (QED) is 0.0962. The van der Waals surface area contributed by atoms with E-state index < -0.39 is 0 Å². The highest BCUT2D eigenvalue weighted by atomic mass is 16.5. The Balaban J connectivity index is 1.29. The summed E-state index contributed by atoms with van der Waals surface area (Å²) in [6.07, 6.45) is 6.72. The van der Waals surface area contributed by atoms with E-state index in [2.05, 4.69) is 256 Å². The maximum atomic E-state index is 12.0. The number of hydrogen-bond acceptors (Lipinski definition) is 10. The van der Waals surface area contributed by atoms with Crippen LogP contribution in [0.25, 0.3) is 0 Å². The predicted molar refractivity (Wildman–Crippen MR) is 447 cm³/mol. The van der Waals surface area contributed by atoms with E-state index in [1.165, 1.54) is 38.9 Å². The maximum Gasteiger partial charge on any atom is 0.130 e. The van der Waals surface area contributed by atoms with E-state index in [0.29, 0.717) is 64.0 Å². The van der Waals surface area contributed by atoms with E-state index in [0.717, 1.165) is 124 Å². The number of phenols is 1. The Morgan fingerprint density at radius 3 is 0.796 bits per heavy atom. The van der Waals surface area contributed by atoms with Gasteiger partial charge in [0.2, 0.25) is 0 Å².